The van der Waals surface area contributed by atoms with E-state index >= 15 is 0 Å². The van der Waals surface area contributed by atoms with Gasteiger partial charge in [-0.2, -0.15) is 0 Å². The molecule has 0 unspecified atom stereocenters. The Morgan fingerprint density at radius 3 is 2.93 bits per heavy atom. The van der Waals surface area contributed by atoms with Gasteiger partial charge in [0, 0.05) is 18.7 Å². The minimum atomic E-state index is 0.404. The fraction of sp³-hybridized carbons (Fsp3) is 0.846. The number of hydrogen-bond donors (Lipinski definition) is 0. The first-order valence-electron chi connectivity index (χ1n) is 6.37. The van der Waals surface area contributed by atoms with Gasteiger partial charge in [-0.25, -0.2) is 0 Å². The topological polar surface area (TPSA) is 12.5 Å². The number of nitrogens with zero attached hydrogens (tertiary/aromatic N) is 1. The molecule has 1 saturated carbocycles. The van der Waals surface area contributed by atoms with Gasteiger partial charge in [0.1, 0.15) is 0 Å². The van der Waals surface area contributed by atoms with Crippen LogP contribution in [-0.4, -0.2) is 36.7 Å². The van der Waals surface area contributed by atoms with Crippen LogP contribution in [0.25, 0.3) is 0 Å². The van der Waals surface area contributed by atoms with Crippen molar-refractivity contribution in [1.82, 2.24) is 4.90 Å². The molecule has 3 fully saturated rings. The van der Waals surface area contributed by atoms with E-state index in [4.69, 9.17) is 4.74 Å². The summed E-state index contributed by atoms with van der Waals surface area (Å²) < 4.78 is 5.71. The highest BCUT2D eigenvalue weighted by Crippen LogP contribution is 2.46. The van der Waals surface area contributed by atoms with Crippen molar-refractivity contribution in [3.05, 3.63) is 11.1 Å². The smallest absolute Gasteiger partial charge is 0.0653 e. The summed E-state index contributed by atoms with van der Waals surface area (Å²) in [5, 5.41) is 0. The van der Waals surface area contributed by atoms with Crippen LogP contribution in [0.5, 0.6) is 0 Å². The molecule has 1 aliphatic carbocycles. The first-order valence-corrected chi connectivity index (χ1v) is 6.37. The Bertz CT molecular complexity index is 291. The zero-order valence-electron chi connectivity index (χ0n) is 9.72. The van der Waals surface area contributed by atoms with E-state index in [2.05, 4.69) is 11.8 Å². The van der Waals surface area contributed by atoms with Crippen molar-refractivity contribution in [2.24, 2.45) is 0 Å². The van der Waals surface area contributed by atoms with Crippen LogP contribution >= 0.6 is 0 Å². The molecule has 3 rings (SSSR count). The van der Waals surface area contributed by atoms with Gasteiger partial charge >= 0.3 is 0 Å². The van der Waals surface area contributed by atoms with Gasteiger partial charge in [0.15, 0.2) is 0 Å². The number of hydrogen-bond acceptors (Lipinski definition) is 2. The Morgan fingerprint density at radius 1 is 1.33 bits per heavy atom. The van der Waals surface area contributed by atoms with Crippen LogP contribution in [0, 0.1) is 0 Å². The molecule has 3 aliphatic rings. The molecule has 2 nitrogen and oxygen atoms in total. The Balaban J connectivity index is 1.76. The van der Waals surface area contributed by atoms with Crippen molar-refractivity contribution < 1.29 is 4.74 Å². The quantitative estimate of drug-likeness (QED) is 0.659. The second kappa shape index (κ2) is 3.60. The summed E-state index contributed by atoms with van der Waals surface area (Å²) in [4.78, 5) is 2.68. The molecule has 0 aromatic carbocycles. The SMILES string of the molecule is CCOC[C@@]12CCCN1CC(=C1CC1)C2. The zero-order chi connectivity index (χ0) is 10.3. The van der Waals surface area contributed by atoms with Gasteiger partial charge in [0.05, 0.1) is 6.61 Å². The number of fused-ring (bicyclic) bond motifs is 1. The van der Waals surface area contributed by atoms with E-state index in [1.54, 1.807) is 11.1 Å². The molecule has 84 valence electrons. The van der Waals surface area contributed by atoms with Crippen LogP contribution in [0.15, 0.2) is 11.1 Å². The number of ether oxygens (including phenoxy) is 1. The summed E-state index contributed by atoms with van der Waals surface area (Å²) in [6, 6.07) is 0. The minimum absolute atomic E-state index is 0.404. The van der Waals surface area contributed by atoms with E-state index < -0.39 is 0 Å². The van der Waals surface area contributed by atoms with Crippen LogP contribution in [-0.2, 0) is 4.74 Å². The number of allylic oxidation sites excluding steroid dienone is 1. The van der Waals surface area contributed by atoms with Crippen LogP contribution in [0.1, 0.15) is 39.0 Å². The van der Waals surface area contributed by atoms with Crippen molar-refractivity contribution in [1.29, 1.82) is 0 Å². The van der Waals surface area contributed by atoms with Gasteiger partial charge in [-0.3, -0.25) is 4.90 Å². The Morgan fingerprint density at radius 2 is 2.20 bits per heavy atom. The third-order valence-electron chi connectivity index (χ3n) is 4.24. The third kappa shape index (κ3) is 1.64. The van der Waals surface area contributed by atoms with Crippen LogP contribution < -0.4 is 0 Å². The van der Waals surface area contributed by atoms with Crippen LogP contribution in [0.4, 0.5) is 0 Å². The van der Waals surface area contributed by atoms with E-state index in [1.807, 2.05) is 0 Å². The van der Waals surface area contributed by atoms with Gasteiger partial charge in [-0.15, -0.1) is 0 Å². The minimum Gasteiger partial charge on any atom is -0.380 e. The van der Waals surface area contributed by atoms with E-state index in [1.165, 1.54) is 45.2 Å². The summed E-state index contributed by atoms with van der Waals surface area (Å²) in [5.74, 6) is 0. The Hall–Kier alpha value is -0.340. The zero-order valence-corrected chi connectivity index (χ0v) is 9.72. The lowest BCUT2D eigenvalue weighted by atomic mass is 9.93. The normalized spacial score (nSPS) is 35.0. The molecule has 2 aliphatic heterocycles. The first kappa shape index (κ1) is 9.86. The molecule has 0 radical (unpaired) electrons. The van der Waals surface area contributed by atoms with E-state index in [0.29, 0.717) is 5.54 Å². The fourth-order valence-corrected chi connectivity index (χ4v) is 3.28. The standard InChI is InChI=1S/C13H21NO/c1-2-15-10-13-6-3-7-14(13)9-12(8-13)11-4-5-11/h2-10H2,1H3/t13-/m0/s1. The monoisotopic (exact) mass is 207 g/mol. The molecule has 15 heavy (non-hydrogen) atoms. The molecule has 0 aromatic rings. The van der Waals surface area contributed by atoms with Gasteiger partial charge in [0.2, 0.25) is 0 Å². The number of rotatable bonds is 3. The summed E-state index contributed by atoms with van der Waals surface area (Å²) in [6.45, 7) is 6.47. The van der Waals surface area contributed by atoms with Crippen molar-refractivity contribution in [2.45, 2.75) is 44.6 Å². The van der Waals surface area contributed by atoms with Crippen LogP contribution in [0.2, 0.25) is 0 Å². The molecule has 0 amide bonds. The van der Waals surface area contributed by atoms with Gasteiger partial charge in [0.25, 0.3) is 0 Å². The lowest BCUT2D eigenvalue weighted by Crippen LogP contribution is -2.42. The predicted molar refractivity (Wildman–Crippen MR) is 60.9 cm³/mol. The second-order valence-corrected chi connectivity index (χ2v) is 5.27. The molecule has 2 heterocycles. The molecular formula is C13H21NO. The lowest BCUT2D eigenvalue weighted by molar-refractivity contribution is 0.0418. The molecule has 1 atom stereocenters. The maximum Gasteiger partial charge on any atom is 0.0653 e. The summed E-state index contributed by atoms with van der Waals surface area (Å²) >= 11 is 0. The molecule has 0 aromatic heterocycles. The van der Waals surface area contributed by atoms with Gasteiger partial charge in [-0.1, -0.05) is 11.1 Å². The van der Waals surface area contributed by atoms with Gasteiger partial charge < -0.3 is 4.74 Å². The van der Waals surface area contributed by atoms with Crippen molar-refractivity contribution >= 4 is 0 Å². The summed E-state index contributed by atoms with van der Waals surface area (Å²) in [7, 11) is 0. The Kier molecular flexibility index (Phi) is 2.37. The maximum absolute atomic E-state index is 5.71. The van der Waals surface area contributed by atoms with Crippen molar-refractivity contribution in [3.63, 3.8) is 0 Å². The fourth-order valence-electron chi connectivity index (χ4n) is 3.28. The van der Waals surface area contributed by atoms with E-state index in [-0.39, 0.29) is 0 Å². The summed E-state index contributed by atoms with van der Waals surface area (Å²) in [5.41, 5.74) is 3.93. The molecule has 2 heteroatoms. The molecular weight excluding hydrogens is 186 g/mol. The molecule has 0 spiro atoms. The maximum atomic E-state index is 5.71. The molecule has 0 bridgehead atoms. The lowest BCUT2D eigenvalue weighted by Gasteiger charge is -2.31. The summed E-state index contributed by atoms with van der Waals surface area (Å²) in [6.07, 6.45) is 6.80. The molecule has 0 N–H and O–H groups in total. The second-order valence-electron chi connectivity index (χ2n) is 5.27. The highest BCUT2D eigenvalue weighted by molar-refractivity contribution is 5.32. The highest BCUT2D eigenvalue weighted by Gasteiger charge is 2.47. The third-order valence-corrected chi connectivity index (χ3v) is 4.24. The predicted octanol–water partition coefficient (Wildman–Crippen LogP) is 2.35. The van der Waals surface area contributed by atoms with Crippen molar-refractivity contribution in [3.8, 4) is 0 Å². The largest absolute Gasteiger partial charge is 0.380 e. The first-order chi connectivity index (χ1) is 7.34. The van der Waals surface area contributed by atoms with E-state index in [0.717, 1.165) is 13.2 Å². The van der Waals surface area contributed by atoms with E-state index in [9.17, 15) is 0 Å². The molecule has 2 saturated heterocycles. The van der Waals surface area contributed by atoms with Crippen molar-refractivity contribution in [2.75, 3.05) is 26.3 Å². The average Bonchev–Trinajstić information content (AvgIpc) is 2.91. The average molecular weight is 207 g/mol. The highest BCUT2D eigenvalue weighted by atomic mass is 16.5. The van der Waals surface area contributed by atoms with Crippen LogP contribution in [0.3, 0.4) is 0 Å². The van der Waals surface area contributed by atoms with Gasteiger partial charge in [-0.05, 0) is 45.6 Å². The Labute approximate surface area is 92.3 Å².